The van der Waals surface area contributed by atoms with Crippen molar-refractivity contribution in [3.63, 3.8) is 0 Å². The van der Waals surface area contributed by atoms with Crippen molar-refractivity contribution in [1.29, 1.82) is 0 Å². The molecule has 0 bridgehead atoms. The zero-order valence-corrected chi connectivity index (χ0v) is 10.0. The monoisotopic (exact) mass is 249 g/mol. The van der Waals surface area contributed by atoms with Gasteiger partial charge in [-0.2, -0.15) is 11.8 Å². The second-order valence-electron chi connectivity index (χ2n) is 3.27. The number of hydrogen-bond acceptors (Lipinski definition) is 2. The van der Waals surface area contributed by atoms with Crippen LogP contribution in [0.4, 0.5) is 13.2 Å². The number of hydrogen-bond donors (Lipinski definition) is 1. The lowest BCUT2D eigenvalue weighted by Crippen LogP contribution is -2.21. The number of halogens is 3. The summed E-state index contributed by atoms with van der Waals surface area (Å²) in [5.41, 5.74) is 0.169. The summed E-state index contributed by atoms with van der Waals surface area (Å²) < 4.78 is 39.2. The molecule has 1 N–H and O–H groups in total. The first kappa shape index (κ1) is 13.4. The van der Waals surface area contributed by atoms with E-state index in [0.717, 1.165) is 11.8 Å². The van der Waals surface area contributed by atoms with Crippen molar-refractivity contribution in [1.82, 2.24) is 5.32 Å². The highest BCUT2D eigenvalue weighted by atomic mass is 32.2. The molecule has 0 heterocycles. The molecule has 0 aliphatic rings. The van der Waals surface area contributed by atoms with Gasteiger partial charge < -0.3 is 5.32 Å². The van der Waals surface area contributed by atoms with E-state index in [9.17, 15) is 13.2 Å². The van der Waals surface area contributed by atoms with Crippen LogP contribution < -0.4 is 5.32 Å². The van der Waals surface area contributed by atoms with Gasteiger partial charge in [0.05, 0.1) is 0 Å². The van der Waals surface area contributed by atoms with E-state index in [1.807, 2.05) is 6.92 Å². The van der Waals surface area contributed by atoms with E-state index in [4.69, 9.17) is 0 Å². The Balaban J connectivity index is 2.96. The van der Waals surface area contributed by atoms with Crippen molar-refractivity contribution in [3.8, 4) is 0 Å². The van der Waals surface area contributed by atoms with Gasteiger partial charge in [-0.3, -0.25) is 0 Å². The van der Waals surface area contributed by atoms with Crippen LogP contribution in [-0.2, 0) is 0 Å². The lowest BCUT2D eigenvalue weighted by Gasteiger charge is -2.17. The molecule has 1 rings (SSSR count). The molecule has 0 spiro atoms. The third-order valence-electron chi connectivity index (χ3n) is 2.28. The standard InChI is InChI=1S/C11H14F3NS/c1-3-16-6-9(15-2)7-4-5-8(12)11(14)10(7)13/h4-5,9,15H,3,6H2,1-2H3. The maximum absolute atomic E-state index is 13.5. The topological polar surface area (TPSA) is 12.0 Å². The third kappa shape index (κ3) is 2.92. The van der Waals surface area contributed by atoms with Gasteiger partial charge in [0.1, 0.15) is 0 Å². The largest absolute Gasteiger partial charge is 0.312 e. The molecule has 5 heteroatoms. The van der Waals surface area contributed by atoms with Crippen LogP contribution in [0.25, 0.3) is 0 Å². The van der Waals surface area contributed by atoms with Crippen LogP contribution in [0.2, 0.25) is 0 Å². The SMILES string of the molecule is CCSCC(NC)c1ccc(F)c(F)c1F. The van der Waals surface area contributed by atoms with Crippen LogP contribution in [-0.4, -0.2) is 18.6 Å². The Kier molecular flexibility index (Phi) is 5.15. The maximum Gasteiger partial charge on any atom is 0.194 e. The highest BCUT2D eigenvalue weighted by molar-refractivity contribution is 7.99. The second kappa shape index (κ2) is 6.15. The van der Waals surface area contributed by atoms with Gasteiger partial charge in [-0.05, 0) is 18.9 Å². The summed E-state index contributed by atoms with van der Waals surface area (Å²) >= 11 is 1.61. The molecule has 16 heavy (non-hydrogen) atoms. The molecule has 0 aromatic heterocycles. The summed E-state index contributed by atoms with van der Waals surface area (Å²) in [6.45, 7) is 1.99. The molecule has 0 amide bonds. The first-order valence-corrected chi connectivity index (χ1v) is 6.15. The molecule has 1 nitrogen and oxygen atoms in total. The van der Waals surface area contributed by atoms with Gasteiger partial charge in [-0.1, -0.05) is 13.0 Å². The molecule has 0 aliphatic heterocycles. The summed E-state index contributed by atoms with van der Waals surface area (Å²) in [5, 5.41) is 2.89. The van der Waals surface area contributed by atoms with Crippen LogP contribution in [0.5, 0.6) is 0 Å². The van der Waals surface area contributed by atoms with Gasteiger partial charge in [0, 0.05) is 17.4 Å². The van der Waals surface area contributed by atoms with Crippen molar-refractivity contribution in [2.75, 3.05) is 18.6 Å². The Morgan fingerprint density at radius 2 is 1.94 bits per heavy atom. The van der Waals surface area contributed by atoms with Gasteiger partial charge >= 0.3 is 0 Å². The molecule has 0 fully saturated rings. The Morgan fingerprint density at radius 1 is 1.25 bits per heavy atom. The lowest BCUT2D eigenvalue weighted by molar-refractivity contribution is 0.433. The van der Waals surface area contributed by atoms with Gasteiger partial charge in [0.25, 0.3) is 0 Å². The molecule has 0 radical (unpaired) electrons. The normalized spacial score (nSPS) is 12.8. The fourth-order valence-corrected chi connectivity index (χ4v) is 2.19. The van der Waals surface area contributed by atoms with Crippen molar-refractivity contribution in [2.24, 2.45) is 0 Å². The first-order valence-electron chi connectivity index (χ1n) is 5.00. The van der Waals surface area contributed by atoms with Crippen molar-refractivity contribution in [3.05, 3.63) is 35.1 Å². The molecule has 1 unspecified atom stereocenters. The van der Waals surface area contributed by atoms with Crippen LogP contribution in [0.1, 0.15) is 18.5 Å². The van der Waals surface area contributed by atoms with Crippen LogP contribution >= 0.6 is 11.8 Å². The van der Waals surface area contributed by atoms with Crippen molar-refractivity contribution >= 4 is 11.8 Å². The van der Waals surface area contributed by atoms with Crippen LogP contribution in [0.3, 0.4) is 0 Å². The lowest BCUT2D eigenvalue weighted by atomic mass is 10.1. The molecule has 1 aromatic rings. The molecule has 90 valence electrons. The minimum Gasteiger partial charge on any atom is -0.312 e. The minimum atomic E-state index is -1.40. The number of thioether (sulfide) groups is 1. The Labute approximate surface area is 97.4 Å². The predicted octanol–water partition coefficient (Wildman–Crippen LogP) is 3.12. The maximum atomic E-state index is 13.5. The first-order chi connectivity index (χ1) is 7.61. The van der Waals surface area contributed by atoms with E-state index in [0.29, 0.717) is 5.75 Å². The van der Waals surface area contributed by atoms with Crippen LogP contribution in [0, 0.1) is 17.5 Å². The number of benzene rings is 1. The average molecular weight is 249 g/mol. The second-order valence-corrected chi connectivity index (χ2v) is 4.58. The average Bonchev–Trinajstić information content (AvgIpc) is 2.29. The fourth-order valence-electron chi connectivity index (χ4n) is 1.37. The summed E-state index contributed by atoms with van der Waals surface area (Å²) in [6.07, 6.45) is 0. The molecule has 1 aromatic carbocycles. The van der Waals surface area contributed by atoms with E-state index < -0.39 is 17.5 Å². The summed E-state index contributed by atoms with van der Waals surface area (Å²) in [7, 11) is 1.67. The van der Waals surface area contributed by atoms with Gasteiger partial charge in [-0.15, -0.1) is 0 Å². The van der Waals surface area contributed by atoms with Crippen molar-refractivity contribution < 1.29 is 13.2 Å². The highest BCUT2D eigenvalue weighted by Crippen LogP contribution is 2.23. The van der Waals surface area contributed by atoms with Crippen molar-refractivity contribution in [2.45, 2.75) is 13.0 Å². The Bertz CT molecular complexity index is 357. The molecule has 1 atom stereocenters. The molecular weight excluding hydrogens is 235 g/mol. The predicted molar refractivity (Wildman–Crippen MR) is 61.1 cm³/mol. The molecule has 0 saturated carbocycles. The summed E-state index contributed by atoms with van der Waals surface area (Å²) in [4.78, 5) is 0. The highest BCUT2D eigenvalue weighted by Gasteiger charge is 2.19. The van der Waals surface area contributed by atoms with Gasteiger partial charge in [0.15, 0.2) is 17.5 Å². The summed E-state index contributed by atoms with van der Waals surface area (Å²) in [5.74, 6) is -2.15. The Morgan fingerprint density at radius 3 is 2.50 bits per heavy atom. The number of nitrogens with one attached hydrogen (secondary N) is 1. The van der Waals surface area contributed by atoms with E-state index >= 15 is 0 Å². The molecular formula is C11H14F3NS. The van der Waals surface area contributed by atoms with E-state index in [1.165, 1.54) is 6.07 Å². The van der Waals surface area contributed by atoms with Gasteiger partial charge in [-0.25, -0.2) is 13.2 Å². The third-order valence-corrected chi connectivity index (χ3v) is 3.25. The summed E-state index contributed by atoms with van der Waals surface area (Å²) in [6, 6.07) is 1.93. The van der Waals surface area contributed by atoms with E-state index in [-0.39, 0.29) is 11.6 Å². The molecule has 0 aliphatic carbocycles. The molecule has 0 saturated heterocycles. The number of rotatable bonds is 5. The fraction of sp³-hybridized carbons (Fsp3) is 0.455. The zero-order chi connectivity index (χ0) is 12.1. The minimum absolute atomic E-state index is 0.169. The smallest absolute Gasteiger partial charge is 0.194 e. The van der Waals surface area contributed by atoms with Crippen LogP contribution in [0.15, 0.2) is 12.1 Å². The van der Waals surface area contributed by atoms with E-state index in [1.54, 1.807) is 18.8 Å². The van der Waals surface area contributed by atoms with Gasteiger partial charge in [0.2, 0.25) is 0 Å². The Hall–Kier alpha value is -0.680. The zero-order valence-electron chi connectivity index (χ0n) is 9.19. The quantitative estimate of drug-likeness (QED) is 0.805. The van der Waals surface area contributed by atoms with E-state index in [2.05, 4.69) is 5.32 Å².